The number of nitrogens with zero attached hydrogens (tertiary/aromatic N) is 2. The summed E-state index contributed by atoms with van der Waals surface area (Å²) in [5, 5.41) is 0. The van der Waals surface area contributed by atoms with Crippen LogP contribution in [0.15, 0.2) is 0 Å². The lowest BCUT2D eigenvalue weighted by Gasteiger charge is -2.34. The molecule has 2 rings (SSSR count). The zero-order valence-electron chi connectivity index (χ0n) is 13.8. The minimum atomic E-state index is -0.434. The summed E-state index contributed by atoms with van der Waals surface area (Å²) >= 11 is 3.51. The molecule has 0 bridgehead atoms. The van der Waals surface area contributed by atoms with Crippen molar-refractivity contribution in [3.63, 3.8) is 0 Å². The zero-order chi connectivity index (χ0) is 16.3. The first kappa shape index (κ1) is 17.6. The lowest BCUT2D eigenvalue weighted by atomic mass is 9.93. The predicted molar refractivity (Wildman–Crippen MR) is 89.1 cm³/mol. The molecule has 2 saturated heterocycles. The van der Waals surface area contributed by atoms with E-state index in [0.717, 1.165) is 45.4 Å². The Morgan fingerprint density at radius 1 is 1.32 bits per heavy atom. The minimum absolute atomic E-state index is 0.206. The molecule has 0 N–H and O–H groups in total. The third-order valence-corrected chi connectivity index (χ3v) is 4.85. The Kier molecular flexibility index (Phi) is 5.75. The number of likely N-dealkylation sites (tertiary alicyclic amines) is 2. The number of halogens is 1. The highest BCUT2D eigenvalue weighted by Crippen LogP contribution is 2.24. The third-order valence-electron chi connectivity index (χ3n) is 4.24. The second kappa shape index (κ2) is 7.20. The Labute approximate surface area is 141 Å². The van der Waals surface area contributed by atoms with Crippen LogP contribution in [-0.4, -0.2) is 58.4 Å². The fourth-order valence-corrected chi connectivity index (χ4v) is 3.64. The lowest BCUT2D eigenvalue weighted by molar-refractivity contribution is -0.127. The molecule has 0 aromatic heterocycles. The van der Waals surface area contributed by atoms with Gasteiger partial charge in [-0.15, -0.1) is 0 Å². The molecule has 2 aliphatic heterocycles. The van der Waals surface area contributed by atoms with Crippen molar-refractivity contribution in [2.75, 3.05) is 26.2 Å². The van der Waals surface area contributed by atoms with Crippen LogP contribution in [0.5, 0.6) is 0 Å². The Bertz CT molecular complexity index is 414. The number of hydrogen-bond acceptors (Lipinski definition) is 3. The maximum atomic E-state index is 12.0. The van der Waals surface area contributed by atoms with Crippen LogP contribution in [0.2, 0.25) is 0 Å². The Balaban J connectivity index is 1.69. The van der Waals surface area contributed by atoms with Gasteiger partial charge < -0.3 is 14.5 Å². The van der Waals surface area contributed by atoms with Gasteiger partial charge in [-0.2, -0.15) is 0 Å². The van der Waals surface area contributed by atoms with E-state index in [0.29, 0.717) is 17.2 Å². The number of amides is 2. The van der Waals surface area contributed by atoms with Crippen molar-refractivity contribution >= 4 is 27.9 Å². The topological polar surface area (TPSA) is 49.9 Å². The average Bonchev–Trinajstić information content (AvgIpc) is 2.73. The standard InChI is InChI=1S/C16H27BrN2O3/c1-16(2,3)22-15(21)18-7-4-12(5-8-18)6-9-19-11-13(17)10-14(19)20/h12-13H,4-11H2,1-3H3. The number of ether oxygens (including phenoxy) is 1. The highest BCUT2D eigenvalue weighted by Gasteiger charge is 2.30. The van der Waals surface area contributed by atoms with Gasteiger partial charge in [-0.1, -0.05) is 15.9 Å². The second-order valence-corrected chi connectivity index (χ2v) is 8.64. The van der Waals surface area contributed by atoms with E-state index in [2.05, 4.69) is 15.9 Å². The average molecular weight is 375 g/mol. The summed E-state index contributed by atoms with van der Waals surface area (Å²) in [5.41, 5.74) is -0.434. The van der Waals surface area contributed by atoms with Crippen LogP contribution < -0.4 is 0 Å². The molecular weight excluding hydrogens is 348 g/mol. The van der Waals surface area contributed by atoms with Crippen LogP contribution in [0.1, 0.15) is 46.5 Å². The molecule has 0 saturated carbocycles. The number of rotatable bonds is 3. The molecule has 22 heavy (non-hydrogen) atoms. The van der Waals surface area contributed by atoms with Crippen LogP contribution >= 0.6 is 15.9 Å². The van der Waals surface area contributed by atoms with Crippen molar-refractivity contribution in [2.45, 2.75) is 56.9 Å². The van der Waals surface area contributed by atoms with Gasteiger partial charge in [-0.25, -0.2) is 4.79 Å². The number of piperidine rings is 1. The molecule has 0 aromatic rings. The van der Waals surface area contributed by atoms with Crippen molar-refractivity contribution in [3.8, 4) is 0 Å². The van der Waals surface area contributed by atoms with Crippen molar-refractivity contribution in [2.24, 2.45) is 5.92 Å². The molecule has 2 fully saturated rings. The van der Waals surface area contributed by atoms with Crippen molar-refractivity contribution in [1.82, 2.24) is 9.80 Å². The molecule has 6 heteroatoms. The second-order valence-electron chi connectivity index (χ2n) is 7.34. The summed E-state index contributed by atoms with van der Waals surface area (Å²) in [6.07, 6.45) is 3.45. The van der Waals surface area contributed by atoms with Crippen molar-refractivity contribution in [3.05, 3.63) is 0 Å². The molecule has 1 atom stereocenters. The number of alkyl halides is 1. The van der Waals surface area contributed by atoms with Gasteiger partial charge in [0.05, 0.1) is 0 Å². The molecule has 0 spiro atoms. The van der Waals surface area contributed by atoms with Crippen LogP contribution in [0.25, 0.3) is 0 Å². The summed E-state index contributed by atoms with van der Waals surface area (Å²) in [6.45, 7) is 8.86. The Morgan fingerprint density at radius 2 is 1.95 bits per heavy atom. The maximum Gasteiger partial charge on any atom is 0.410 e. The van der Waals surface area contributed by atoms with E-state index in [1.165, 1.54) is 0 Å². The molecule has 0 radical (unpaired) electrons. The molecule has 2 amide bonds. The summed E-state index contributed by atoms with van der Waals surface area (Å²) in [5.74, 6) is 0.855. The molecule has 2 aliphatic rings. The van der Waals surface area contributed by atoms with Crippen LogP contribution in [0.4, 0.5) is 4.79 Å². The molecule has 0 aromatic carbocycles. The van der Waals surface area contributed by atoms with E-state index >= 15 is 0 Å². The highest BCUT2D eigenvalue weighted by atomic mass is 79.9. The Hall–Kier alpha value is -0.780. The van der Waals surface area contributed by atoms with Gasteiger partial charge in [0, 0.05) is 37.4 Å². The largest absolute Gasteiger partial charge is 0.444 e. The van der Waals surface area contributed by atoms with Gasteiger partial charge in [-0.3, -0.25) is 4.79 Å². The van der Waals surface area contributed by atoms with Crippen LogP contribution in [-0.2, 0) is 9.53 Å². The quantitative estimate of drug-likeness (QED) is 0.713. The van der Waals surface area contributed by atoms with Crippen LogP contribution in [0, 0.1) is 5.92 Å². The van der Waals surface area contributed by atoms with Gasteiger partial charge in [-0.05, 0) is 46.0 Å². The van der Waals surface area contributed by atoms with E-state index in [-0.39, 0.29) is 12.0 Å². The third kappa shape index (κ3) is 5.14. The fourth-order valence-electron chi connectivity index (χ4n) is 3.01. The first-order valence-corrected chi connectivity index (χ1v) is 9.06. The van der Waals surface area contributed by atoms with Gasteiger partial charge in [0.25, 0.3) is 0 Å². The lowest BCUT2D eigenvalue weighted by Crippen LogP contribution is -2.42. The molecule has 1 unspecified atom stereocenters. The number of hydrogen-bond donors (Lipinski definition) is 0. The predicted octanol–water partition coefficient (Wildman–Crippen LogP) is 3.02. The van der Waals surface area contributed by atoms with E-state index < -0.39 is 5.60 Å². The normalized spacial score (nSPS) is 24.0. The highest BCUT2D eigenvalue weighted by molar-refractivity contribution is 9.09. The Morgan fingerprint density at radius 3 is 2.45 bits per heavy atom. The summed E-state index contributed by atoms with van der Waals surface area (Å²) in [7, 11) is 0. The molecule has 5 nitrogen and oxygen atoms in total. The molecule has 126 valence electrons. The monoisotopic (exact) mass is 374 g/mol. The minimum Gasteiger partial charge on any atom is -0.444 e. The van der Waals surface area contributed by atoms with Gasteiger partial charge in [0.15, 0.2) is 0 Å². The summed E-state index contributed by atoms with van der Waals surface area (Å²) in [6, 6.07) is 0. The van der Waals surface area contributed by atoms with Crippen LogP contribution in [0.3, 0.4) is 0 Å². The van der Waals surface area contributed by atoms with E-state index in [1.54, 1.807) is 4.90 Å². The number of carbonyl (C=O) groups excluding carboxylic acids is 2. The summed E-state index contributed by atoms with van der Waals surface area (Å²) in [4.78, 5) is 27.8. The molecular formula is C16H27BrN2O3. The number of carbonyl (C=O) groups is 2. The first-order valence-electron chi connectivity index (χ1n) is 8.14. The SMILES string of the molecule is CC(C)(C)OC(=O)N1CCC(CCN2CC(Br)CC2=O)CC1. The smallest absolute Gasteiger partial charge is 0.410 e. The maximum absolute atomic E-state index is 12.0. The van der Waals surface area contributed by atoms with Crippen molar-refractivity contribution < 1.29 is 14.3 Å². The fraction of sp³-hybridized carbons (Fsp3) is 0.875. The van der Waals surface area contributed by atoms with Gasteiger partial charge in [0.1, 0.15) is 5.60 Å². The zero-order valence-corrected chi connectivity index (χ0v) is 15.4. The molecule has 0 aliphatic carbocycles. The van der Waals surface area contributed by atoms with E-state index in [1.807, 2.05) is 25.7 Å². The summed E-state index contributed by atoms with van der Waals surface area (Å²) < 4.78 is 5.41. The van der Waals surface area contributed by atoms with E-state index in [9.17, 15) is 9.59 Å². The first-order chi connectivity index (χ1) is 10.2. The van der Waals surface area contributed by atoms with Crippen molar-refractivity contribution in [1.29, 1.82) is 0 Å². The molecule has 2 heterocycles. The van der Waals surface area contributed by atoms with Gasteiger partial charge >= 0.3 is 6.09 Å². The van der Waals surface area contributed by atoms with Gasteiger partial charge in [0.2, 0.25) is 5.91 Å². The van der Waals surface area contributed by atoms with E-state index in [4.69, 9.17) is 4.74 Å².